The molecule has 1 heterocycles. The first-order valence-electron chi connectivity index (χ1n) is 3.83. The SMILES string of the molecule is CCOCC1OCC1(C)C#N. The third kappa shape index (κ3) is 1.52. The summed E-state index contributed by atoms with van der Waals surface area (Å²) in [7, 11) is 0. The van der Waals surface area contributed by atoms with Gasteiger partial charge in [-0.25, -0.2) is 0 Å². The zero-order valence-corrected chi connectivity index (χ0v) is 6.96. The van der Waals surface area contributed by atoms with E-state index in [1.165, 1.54) is 0 Å². The van der Waals surface area contributed by atoms with Gasteiger partial charge in [-0.1, -0.05) is 0 Å². The second-order valence-electron chi connectivity index (χ2n) is 2.99. The molecule has 0 N–H and O–H groups in total. The van der Waals surface area contributed by atoms with Crippen molar-refractivity contribution in [3.05, 3.63) is 0 Å². The van der Waals surface area contributed by atoms with Crippen molar-refractivity contribution < 1.29 is 9.47 Å². The molecule has 0 saturated carbocycles. The van der Waals surface area contributed by atoms with Gasteiger partial charge in [0.15, 0.2) is 0 Å². The minimum absolute atomic E-state index is 0.0209. The summed E-state index contributed by atoms with van der Waals surface area (Å²) in [6.45, 7) is 5.60. The fourth-order valence-electron chi connectivity index (χ4n) is 1.01. The Bertz CT molecular complexity index is 175. The molecule has 2 unspecified atom stereocenters. The number of rotatable bonds is 3. The minimum atomic E-state index is -0.310. The summed E-state index contributed by atoms with van der Waals surface area (Å²) in [6.07, 6.45) is -0.0209. The second kappa shape index (κ2) is 3.21. The summed E-state index contributed by atoms with van der Waals surface area (Å²) in [4.78, 5) is 0. The van der Waals surface area contributed by atoms with Gasteiger partial charge in [0, 0.05) is 6.61 Å². The molecule has 1 rings (SSSR count). The Hall–Kier alpha value is -0.590. The molecule has 1 aliphatic rings. The third-order valence-electron chi connectivity index (χ3n) is 2.02. The van der Waals surface area contributed by atoms with E-state index in [2.05, 4.69) is 6.07 Å². The van der Waals surface area contributed by atoms with Gasteiger partial charge in [-0.2, -0.15) is 5.26 Å². The van der Waals surface area contributed by atoms with Crippen LogP contribution in [0.4, 0.5) is 0 Å². The normalized spacial score (nSPS) is 35.9. The van der Waals surface area contributed by atoms with Gasteiger partial charge >= 0.3 is 0 Å². The zero-order chi connectivity index (χ0) is 8.32. The molecule has 0 aromatic rings. The first kappa shape index (κ1) is 8.51. The lowest BCUT2D eigenvalue weighted by Crippen LogP contribution is -2.51. The van der Waals surface area contributed by atoms with Crippen molar-refractivity contribution in [1.82, 2.24) is 0 Å². The third-order valence-corrected chi connectivity index (χ3v) is 2.02. The molecule has 3 nitrogen and oxygen atoms in total. The van der Waals surface area contributed by atoms with E-state index in [9.17, 15) is 0 Å². The van der Waals surface area contributed by atoms with Crippen molar-refractivity contribution in [3.63, 3.8) is 0 Å². The van der Waals surface area contributed by atoms with E-state index in [0.29, 0.717) is 19.8 Å². The molecule has 1 aliphatic heterocycles. The molecule has 0 radical (unpaired) electrons. The zero-order valence-electron chi connectivity index (χ0n) is 6.96. The van der Waals surface area contributed by atoms with E-state index in [0.717, 1.165) is 0 Å². The van der Waals surface area contributed by atoms with Crippen molar-refractivity contribution in [2.45, 2.75) is 20.0 Å². The van der Waals surface area contributed by atoms with E-state index >= 15 is 0 Å². The first-order chi connectivity index (χ1) is 5.23. The second-order valence-corrected chi connectivity index (χ2v) is 2.99. The van der Waals surface area contributed by atoms with Gasteiger partial charge < -0.3 is 9.47 Å². The maximum Gasteiger partial charge on any atom is 0.106 e. The minimum Gasteiger partial charge on any atom is -0.379 e. The van der Waals surface area contributed by atoms with Gasteiger partial charge in [-0.05, 0) is 13.8 Å². The number of nitrogens with zero attached hydrogens (tertiary/aromatic N) is 1. The van der Waals surface area contributed by atoms with Crippen molar-refractivity contribution in [3.8, 4) is 6.07 Å². The molecule has 62 valence electrons. The maximum absolute atomic E-state index is 8.73. The Morgan fingerprint density at radius 1 is 1.82 bits per heavy atom. The molecule has 0 bridgehead atoms. The highest BCUT2D eigenvalue weighted by Crippen LogP contribution is 2.33. The van der Waals surface area contributed by atoms with Crippen LogP contribution in [0.1, 0.15) is 13.8 Å². The predicted octanol–water partition coefficient (Wildman–Crippen LogP) is 0.952. The monoisotopic (exact) mass is 155 g/mol. The molecule has 11 heavy (non-hydrogen) atoms. The van der Waals surface area contributed by atoms with Crippen LogP contribution < -0.4 is 0 Å². The highest BCUT2D eigenvalue weighted by molar-refractivity contribution is 5.06. The summed E-state index contributed by atoms with van der Waals surface area (Å²) in [6, 6.07) is 2.23. The van der Waals surface area contributed by atoms with Gasteiger partial charge in [0.25, 0.3) is 0 Å². The molecule has 0 spiro atoms. The molecule has 0 aromatic carbocycles. The Balaban J connectivity index is 2.32. The van der Waals surface area contributed by atoms with Crippen LogP contribution in [0.3, 0.4) is 0 Å². The van der Waals surface area contributed by atoms with E-state index in [1.54, 1.807) is 0 Å². The lowest BCUT2D eigenvalue weighted by Gasteiger charge is -2.40. The van der Waals surface area contributed by atoms with Gasteiger partial charge in [-0.3, -0.25) is 0 Å². The van der Waals surface area contributed by atoms with E-state index in [4.69, 9.17) is 14.7 Å². The lowest BCUT2D eigenvalue weighted by atomic mass is 9.82. The van der Waals surface area contributed by atoms with Crippen LogP contribution in [0.15, 0.2) is 0 Å². The Morgan fingerprint density at radius 2 is 2.55 bits per heavy atom. The van der Waals surface area contributed by atoms with Gasteiger partial charge in [0.1, 0.15) is 11.5 Å². The molecule has 0 aromatic heterocycles. The van der Waals surface area contributed by atoms with Crippen LogP contribution in [0.5, 0.6) is 0 Å². The number of hydrogen-bond donors (Lipinski definition) is 0. The Kier molecular flexibility index (Phi) is 2.48. The standard InChI is InChI=1S/C8H13NO2/c1-3-10-4-7-8(2,5-9)6-11-7/h7H,3-4,6H2,1-2H3. The van der Waals surface area contributed by atoms with Gasteiger partial charge in [0.05, 0.1) is 19.3 Å². The number of hydrogen-bond acceptors (Lipinski definition) is 3. The van der Waals surface area contributed by atoms with Crippen molar-refractivity contribution >= 4 is 0 Å². The highest BCUT2D eigenvalue weighted by Gasteiger charge is 2.44. The highest BCUT2D eigenvalue weighted by atomic mass is 16.5. The summed E-state index contributed by atoms with van der Waals surface area (Å²) in [5, 5.41) is 8.73. The fraction of sp³-hybridized carbons (Fsp3) is 0.875. The van der Waals surface area contributed by atoms with Crippen molar-refractivity contribution in [1.29, 1.82) is 5.26 Å². The topological polar surface area (TPSA) is 42.2 Å². The Labute approximate surface area is 66.9 Å². The van der Waals surface area contributed by atoms with Crippen molar-refractivity contribution in [2.24, 2.45) is 5.41 Å². The van der Waals surface area contributed by atoms with Crippen LogP contribution >= 0.6 is 0 Å². The Morgan fingerprint density at radius 3 is 2.91 bits per heavy atom. The van der Waals surface area contributed by atoms with Crippen LogP contribution in [-0.2, 0) is 9.47 Å². The predicted molar refractivity (Wildman–Crippen MR) is 40.0 cm³/mol. The van der Waals surface area contributed by atoms with Crippen LogP contribution in [0.2, 0.25) is 0 Å². The largest absolute Gasteiger partial charge is 0.379 e. The summed E-state index contributed by atoms with van der Waals surface area (Å²) < 4.78 is 10.4. The van der Waals surface area contributed by atoms with Crippen LogP contribution in [0.25, 0.3) is 0 Å². The smallest absolute Gasteiger partial charge is 0.106 e. The van der Waals surface area contributed by atoms with Gasteiger partial charge in [-0.15, -0.1) is 0 Å². The summed E-state index contributed by atoms with van der Waals surface area (Å²) in [5.41, 5.74) is -0.310. The molecule has 3 heteroatoms. The molecule has 1 fully saturated rings. The summed E-state index contributed by atoms with van der Waals surface area (Å²) in [5.74, 6) is 0. The average molecular weight is 155 g/mol. The van der Waals surface area contributed by atoms with E-state index in [1.807, 2.05) is 13.8 Å². The van der Waals surface area contributed by atoms with Gasteiger partial charge in [0.2, 0.25) is 0 Å². The van der Waals surface area contributed by atoms with Crippen molar-refractivity contribution in [2.75, 3.05) is 19.8 Å². The van der Waals surface area contributed by atoms with E-state index < -0.39 is 0 Å². The average Bonchev–Trinajstić information content (AvgIpc) is 2.02. The first-order valence-corrected chi connectivity index (χ1v) is 3.83. The molecule has 2 atom stereocenters. The number of ether oxygens (including phenoxy) is 2. The summed E-state index contributed by atoms with van der Waals surface area (Å²) >= 11 is 0. The molecular weight excluding hydrogens is 142 g/mol. The molecule has 0 aliphatic carbocycles. The van der Waals surface area contributed by atoms with Crippen LogP contribution in [0, 0.1) is 16.7 Å². The quantitative estimate of drug-likeness (QED) is 0.609. The van der Waals surface area contributed by atoms with E-state index in [-0.39, 0.29) is 11.5 Å². The maximum atomic E-state index is 8.73. The lowest BCUT2D eigenvalue weighted by molar-refractivity contribution is -0.173. The number of nitriles is 1. The molecule has 0 amide bonds. The fourth-order valence-corrected chi connectivity index (χ4v) is 1.01. The van der Waals surface area contributed by atoms with Crippen LogP contribution in [-0.4, -0.2) is 25.9 Å². The molecule has 1 saturated heterocycles. The molecular formula is C8H13NO2.